The smallest absolute Gasteiger partial charge is 0.248 e. The average molecular weight is 452 g/mol. The van der Waals surface area contributed by atoms with Crippen LogP contribution in [0.2, 0.25) is 5.02 Å². The fourth-order valence-electron chi connectivity index (χ4n) is 2.66. The Morgan fingerprint density at radius 1 is 1.30 bits per heavy atom. The number of anilines is 1. The maximum absolute atomic E-state index is 12.5. The molecule has 0 fully saturated rings. The fourth-order valence-corrected chi connectivity index (χ4v) is 3.14. The van der Waals surface area contributed by atoms with Crippen molar-refractivity contribution in [1.82, 2.24) is 24.5 Å². The lowest BCUT2D eigenvalue weighted by atomic mass is 10.1. The first kappa shape index (κ1) is 19.6. The Morgan fingerprint density at radius 3 is 2.70 bits per heavy atom. The summed E-state index contributed by atoms with van der Waals surface area (Å²) in [6.07, 6.45) is 1.57. The van der Waals surface area contributed by atoms with Crippen LogP contribution in [0.25, 0.3) is 0 Å². The van der Waals surface area contributed by atoms with E-state index in [4.69, 9.17) is 11.6 Å². The zero-order chi connectivity index (χ0) is 19.6. The molecule has 7 nitrogen and oxygen atoms in total. The van der Waals surface area contributed by atoms with Crippen LogP contribution in [0.5, 0.6) is 0 Å². The second-order valence-corrected chi connectivity index (χ2v) is 7.61. The van der Waals surface area contributed by atoms with Gasteiger partial charge in [0.15, 0.2) is 0 Å². The van der Waals surface area contributed by atoms with E-state index in [1.165, 1.54) is 0 Å². The van der Waals surface area contributed by atoms with E-state index < -0.39 is 0 Å². The van der Waals surface area contributed by atoms with E-state index in [0.717, 1.165) is 21.4 Å². The van der Waals surface area contributed by atoms with Gasteiger partial charge in [-0.15, -0.1) is 5.10 Å². The number of nitrogens with one attached hydrogen (secondary N) is 1. The first-order valence-electron chi connectivity index (χ1n) is 8.48. The first-order valence-corrected chi connectivity index (χ1v) is 9.65. The third-order valence-electron chi connectivity index (χ3n) is 4.25. The molecule has 9 heteroatoms. The number of aromatic nitrogens is 5. The topological polar surface area (TPSA) is 77.6 Å². The van der Waals surface area contributed by atoms with Gasteiger partial charge in [0.25, 0.3) is 0 Å². The van der Waals surface area contributed by atoms with Crippen LogP contribution in [0.15, 0.2) is 35.1 Å². The second kappa shape index (κ2) is 8.22. The monoisotopic (exact) mass is 450 g/mol. The van der Waals surface area contributed by atoms with E-state index in [0.29, 0.717) is 18.1 Å². The summed E-state index contributed by atoms with van der Waals surface area (Å²) in [5, 5.41) is 12.2. The molecular formula is C18H20BrClN6O. The van der Waals surface area contributed by atoms with Crippen LogP contribution in [-0.4, -0.2) is 30.5 Å². The van der Waals surface area contributed by atoms with Gasteiger partial charge in [0.1, 0.15) is 6.33 Å². The number of nitrogens with zero attached hydrogens (tertiary/aromatic N) is 5. The molecule has 27 heavy (non-hydrogen) atoms. The van der Waals surface area contributed by atoms with Crippen molar-refractivity contribution >= 4 is 39.4 Å². The van der Waals surface area contributed by atoms with Crippen LogP contribution in [-0.2, 0) is 17.9 Å². The van der Waals surface area contributed by atoms with Crippen molar-refractivity contribution in [2.24, 2.45) is 5.92 Å². The van der Waals surface area contributed by atoms with Gasteiger partial charge in [-0.3, -0.25) is 14.8 Å². The predicted octanol–water partition coefficient (Wildman–Crippen LogP) is 3.83. The van der Waals surface area contributed by atoms with Crippen LogP contribution in [0.4, 0.5) is 5.95 Å². The lowest BCUT2D eigenvalue weighted by Gasteiger charge is -2.12. The molecule has 1 unspecified atom stereocenters. The quantitative estimate of drug-likeness (QED) is 0.618. The Hall–Kier alpha value is -2.19. The van der Waals surface area contributed by atoms with Gasteiger partial charge in [-0.2, -0.15) is 5.10 Å². The minimum absolute atomic E-state index is 0.158. The summed E-state index contributed by atoms with van der Waals surface area (Å²) in [5.41, 5.74) is 2.83. The number of aryl methyl sites for hydroxylation is 1. The maximum atomic E-state index is 12.5. The van der Waals surface area contributed by atoms with Gasteiger partial charge in [0, 0.05) is 10.7 Å². The lowest BCUT2D eigenvalue weighted by molar-refractivity contribution is -0.119. The molecular weight excluding hydrogens is 432 g/mol. The third-order valence-corrected chi connectivity index (χ3v) is 5.77. The number of carbonyl (C=O) groups excluding carboxylic acids is 1. The number of benzene rings is 1. The molecule has 1 aromatic carbocycles. The van der Waals surface area contributed by atoms with Gasteiger partial charge in [-0.05, 0) is 41.4 Å². The number of halogens is 2. The molecule has 0 saturated heterocycles. The van der Waals surface area contributed by atoms with Crippen molar-refractivity contribution in [3.8, 4) is 0 Å². The number of amides is 1. The van der Waals surface area contributed by atoms with Crippen LogP contribution in [0.3, 0.4) is 0 Å². The minimum Gasteiger partial charge on any atom is -0.293 e. The molecule has 1 amide bonds. The largest absolute Gasteiger partial charge is 0.293 e. The molecule has 0 aliphatic rings. The molecule has 2 heterocycles. The molecule has 0 spiro atoms. The highest BCUT2D eigenvalue weighted by Gasteiger charge is 2.18. The van der Waals surface area contributed by atoms with Crippen molar-refractivity contribution in [2.45, 2.75) is 33.9 Å². The normalized spacial score (nSPS) is 12.2. The molecule has 1 N–H and O–H groups in total. The van der Waals surface area contributed by atoms with Crippen molar-refractivity contribution < 1.29 is 4.79 Å². The van der Waals surface area contributed by atoms with Crippen molar-refractivity contribution in [2.75, 3.05) is 5.32 Å². The van der Waals surface area contributed by atoms with Gasteiger partial charge in [0.05, 0.1) is 29.2 Å². The summed E-state index contributed by atoms with van der Waals surface area (Å²) >= 11 is 9.67. The molecule has 0 radical (unpaired) electrons. The second-order valence-electron chi connectivity index (χ2n) is 6.41. The highest BCUT2D eigenvalue weighted by atomic mass is 79.9. The van der Waals surface area contributed by atoms with Crippen molar-refractivity contribution in [3.05, 3.63) is 57.0 Å². The highest BCUT2D eigenvalue weighted by Crippen LogP contribution is 2.21. The molecule has 0 aliphatic carbocycles. The summed E-state index contributed by atoms with van der Waals surface area (Å²) in [5.74, 6) is -0.173. The number of hydrogen-bond acceptors (Lipinski definition) is 4. The Bertz CT molecular complexity index is 967. The minimum atomic E-state index is -0.287. The Morgan fingerprint density at radius 2 is 2.04 bits per heavy atom. The van der Waals surface area contributed by atoms with E-state index in [1.54, 1.807) is 11.0 Å². The van der Waals surface area contributed by atoms with E-state index in [2.05, 4.69) is 36.4 Å². The third kappa shape index (κ3) is 4.56. The molecule has 3 rings (SSSR count). The summed E-state index contributed by atoms with van der Waals surface area (Å²) in [6, 6.07) is 7.55. The van der Waals surface area contributed by atoms with E-state index in [9.17, 15) is 4.79 Å². The van der Waals surface area contributed by atoms with Gasteiger partial charge in [0.2, 0.25) is 11.9 Å². The summed E-state index contributed by atoms with van der Waals surface area (Å²) in [4.78, 5) is 16.6. The van der Waals surface area contributed by atoms with Gasteiger partial charge >= 0.3 is 0 Å². The maximum Gasteiger partial charge on any atom is 0.248 e. The van der Waals surface area contributed by atoms with E-state index >= 15 is 0 Å². The molecule has 142 valence electrons. The lowest BCUT2D eigenvalue weighted by Crippen LogP contribution is -2.26. The molecule has 0 aliphatic heterocycles. The standard InChI is InChI=1S/C18H20BrClN6O/c1-11(8-26-13(3)16(19)12(2)23-26)17(27)22-18-21-10-25(24-18)9-14-6-4-5-7-15(14)20/h4-7,10-11H,8-9H2,1-3H3,(H,22,24,27). The van der Waals surface area contributed by atoms with Crippen molar-refractivity contribution in [1.29, 1.82) is 0 Å². The molecule has 3 aromatic rings. The van der Waals surface area contributed by atoms with E-state index in [-0.39, 0.29) is 17.8 Å². The zero-order valence-corrected chi connectivity index (χ0v) is 17.6. The SMILES string of the molecule is Cc1nn(CC(C)C(=O)Nc2ncn(Cc3ccccc3Cl)n2)c(C)c1Br. The van der Waals surface area contributed by atoms with Crippen LogP contribution in [0, 0.1) is 19.8 Å². The van der Waals surface area contributed by atoms with Gasteiger partial charge in [-0.25, -0.2) is 9.67 Å². The zero-order valence-electron chi connectivity index (χ0n) is 15.3. The van der Waals surface area contributed by atoms with Crippen LogP contribution < -0.4 is 5.32 Å². The number of carbonyl (C=O) groups is 1. The van der Waals surface area contributed by atoms with Gasteiger partial charge < -0.3 is 0 Å². The summed E-state index contributed by atoms with van der Waals surface area (Å²) in [6.45, 7) is 6.70. The Balaban J connectivity index is 1.61. The van der Waals surface area contributed by atoms with Gasteiger partial charge in [-0.1, -0.05) is 36.7 Å². The molecule has 2 aromatic heterocycles. The number of hydrogen-bond donors (Lipinski definition) is 1. The molecule has 1 atom stereocenters. The predicted molar refractivity (Wildman–Crippen MR) is 108 cm³/mol. The number of rotatable bonds is 6. The molecule has 0 saturated carbocycles. The Labute approximate surface area is 170 Å². The summed E-state index contributed by atoms with van der Waals surface area (Å²) < 4.78 is 4.43. The summed E-state index contributed by atoms with van der Waals surface area (Å²) in [7, 11) is 0. The first-order chi connectivity index (χ1) is 12.8. The average Bonchev–Trinajstić information content (AvgIpc) is 3.17. The fraction of sp³-hybridized carbons (Fsp3) is 0.333. The van der Waals surface area contributed by atoms with E-state index in [1.807, 2.05) is 49.7 Å². The Kier molecular flexibility index (Phi) is 5.96. The van der Waals surface area contributed by atoms with Crippen LogP contribution in [0.1, 0.15) is 23.9 Å². The van der Waals surface area contributed by atoms with Crippen molar-refractivity contribution in [3.63, 3.8) is 0 Å². The molecule has 0 bridgehead atoms. The van der Waals surface area contributed by atoms with Crippen LogP contribution >= 0.6 is 27.5 Å². The highest BCUT2D eigenvalue weighted by molar-refractivity contribution is 9.10.